The molecule has 0 unspecified atom stereocenters. The first-order chi connectivity index (χ1) is 11.2. The van der Waals surface area contributed by atoms with E-state index in [0.29, 0.717) is 23.5 Å². The Balaban J connectivity index is 1.72. The van der Waals surface area contributed by atoms with Gasteiger partial charge in [0.05, 0.1) is 11.8 Å². The molecule has 5 nitrogen and oxygen atoms in total. The topological polar surface area (TPSA) is 71.8 Å². The number of H-pyrrole nitrogens is 1. The molecule has 6 heteroatoms. The van der Waals surface area contributed by atoms with Crippen molar-refractivity contribution in [3.8, 4) is 0 Å². The monoisotopic (exact) mass is 371 g/mol. The Morgan fingerprint density at radius 3 is 2.91 bits per heavy atom. The SMILES string of the molecule is O=C(c1ccc(Br)cc1Cc1ccn[nH]1)c1cnoc1C1CC1. The van der Waals surface area contributed by atoms with Crippen LogP contribution in [0.2, 0.25) is 0 Å². The maximum atomic E-state index is 13.0. The number of halogens is 1. The summed E-state index contributed by atoms with van der Waals surface area (Å²) in [4.78, 5) is 13.0. The summed E-state index contributed by atoms with van der Waals surface area (Å²) in [6.45, 7) is 0. The van der Waals surface area contributed by atoms with Crippen LogP contribution in [0.3, 0.4) is 0 Å². The minimum atomic E-state index is -0.0323. The smallest absolute Gasteiger partial charge is 0.198 e. The zero-order valence-corrected chi connectivity index (χ0v) is 13.8. The standard InChI is InChI=1S/C17H14BrN3O2/c18-12-3-4-14(11(7-12)8-13-5-6-19-21-13)16(22)15-9-20-23-17(15)10-1-2-10/h3-7,9-10H,1-2,8H2,(H,19,21). The molecule has 0 atom stereocenters. The number of ketones is 1. The Morgan fingerprint density at radius 1 is 1.30 bits per heavy atom. The summed E-state index contributed by atoms with van der Waals surface area (Å²) in [5, 5.41) is 10.7. The van der Waals surface area contributed by atoms with E-state index in [-0.39, 0.29) is 5.78 Å². The van der Waals surface area contributed by atoms with Crippen molar-refractivity contribution in [3.63, 3.8) is 0 Å². The highest BCUT2D eigenvalue weighted by Crippen LogP contribution is 2.42. The van der Waals surface area contributed by atoms with E-state index in [9.17, 15) is 4.79 Å². The maximum absolute atomic E-state index is 13.0. The van der Waals surface area contributed by atoms with Gasteiger partial charge in [0.1, 0.15) is 0 Å². The van der Waals surface area contributed by atoms with Crippen molar-refractivity contribution in [1.29, 1.82) is 0 Å². The number of benzene rings is 1. The third kappa shape index (κ3) is 2.86. The Bertz CT molecular complexity index is 851. The van der Waals surface area contributed by atoms with E-state index >= 15 is 0 Å². The molecular formula is C17H14BrN3O2. The second-order valence-electron chi connectivity index (χ2n) is 5.77. The van der Waals surface area contributed by atoms with Crippen LogP contribution in [0.4, 0.5) is 0 Å². The van der Waals surface area contributed by atoms with E-state index < -0.39 is 0 Å². The molecule has 0 amide bonds. The molecule has 0 radical (unpaired) electrons. The molecule has 1 saturated carbocycles. The van der Waals surface area contributed by atoms with Crippen LogP contribution in [0.1, 0.15) is 51.7 Å². The van der Waals surface area contributed by atoms with Crippen molar-refractivity contribution in [2.75, 3.05) is 0 Å². The van der Waals surface area contributed by atoms with Crippen LogP contribution in [0.25, 0.3) is 0 Å². The van der Waals surface area contributed by atoms with Crippen molar-refractivity contribution in [1.82, 2.24) is 15.4 Å². The van der Waals surface area contributed by atoms with Crippen molar-refractivity contribution >= 4 is 21.7 Å². The highest BCUT2D eigenvalue weighted by molar-refractivity contribution is 9.10. The van der Waals surface area contributed by atoms with E-state index in [2.05, 4.69) is 31.3 Å². The molecule has 1 N–H and O–H groups in total. The lowest BCUT2D eigenvalue weighted by Gasteiger charge is -2.08. The Hall–Kier alpha value is -2.21. The molecule has 1 fully saturated rings. The molecule has 23 heavy (non-hydrogen) atoms. The number of carbonyl (C=O) groups excluding carboxylic acids is 1. The largest absolute Gasteiger partial charge is 0.360 e. The lowest BCUT2D eigenvalue weighted by atomic mass is 9.95. The van der Waals surface area contributed by atoms with Crippen LogP contribution in [0.5, 0.6) is 0 Å². The van der Waals surface area contributed by atoms with Crippen molar-refractivity contribution in [3.05, 3.63) is 69.3 Å². The predicted octanol–water partition coefficient (Wildman–Crippen LogP) is 3.86. The molecule has 1 aromatic carbocycles. The number of aromatic nitrogens is 3. The number of nitrogens with zero attached hydrogens (tertiary/aromatic N) is 2. The number of carbonyl (C=O) groups is 1. The summed E-state index contributed by atoms with van der Waals surface area (Å²) in [6.07, 6.45) is 6.00. The first-order valence-electron chi connectivity index (χ1n) is 7.48. The van der Waals surface area contributed by atoms with Crippen molar-refractivity contribution in [2.45, 2.75) is 25.2 Å². The van der Waals surface area contributed by atoms with E-state index in [1.807, 2.05) is 24.3 Å². The van der Waals surface area contributed by atoms with E-state index in [4.69, 9.17) is 4.52 Å². The number of aromatic amines is 1. The van der Waals surface area contributed by atoms with Gasteiger partial charge >= 0.3 is 0 Å². The molecule has 3 aromatic rings. The van der Waals surface area contributed by atoms with Crippen molar-refractivity contribution in [2.24, 2.45) is 0 Å². The van der Waals surface area contributed by atoms with Gasteiger partial charge in [-0.3, -0.25) is 9.89 Å². The summed E-state index contributed by atoms with van der Waals surface area (Å²) in [6, 6.07) is 7.61. The first-order valence-corrected chi connectivity index (χ1v) is 8.27. The number of rotatable bonds is 5. The minimum absolute atomic E-state index is 0.0323. The summed E-state index contributed by atoms with van der Waals surface area (Å²) in [5.41, 5.74) is 3.16. The molecule has 4 rings (SSSR count). The van der Waals surface area contributed by atoms with Crippen LogP contribution in [0.15, 0.2) is 45.7 Å². The van der Waals surface area contributed by atoms with E-state index in [0.717, 1.165) is 34.3 Å². The van der Waals surface area contributed by atoms with Crippen LogP contribution >= 0.6 is 15.9 Å². The zero-order chi connectivity index (χ0) is 15.8. The van der Waals surface area contributed by atoms with Gasteiger partial charge in [-0.25, -0.2) is 0 Å². The van der Waals surface area contributed by atoms with Gasteiger partial charge in [-0.2, -0.15) is 5.10 Å². The van der Waals surface area contributed by atoms with Crippen molar-refractivity contribution < 1.29 is 9.32 Å². The quantitative estimate of drug-likeness (QED) is 0.691. The molecule has 2 heterocycles. The Kier molecular flexibility index (Phi) is 3.61. The Labute approximate surface area is 141 Å². The number of nitrogens with one attached hydrogen (secondary N) is 1. The molecule has 0 saturated heterocycles. The lowest BCUT2D eigenvalue weighted by Crippen LogP contribution is -2.07. The van der Waals surface area contributed by atoms with Gasteiger partial charge in [0, 0.05) is 34.3 Å². The molecule has 0 aliphatic heterocycles. The van der Waals surface area contributed by atoms with Gasteiger partial charge in [-0.05, 0) is 42.7 Å². The average Bonchev–Trinajstić information content (AvgIpc) is 3.05. The molecule has 1 aliphatic rings. The van der Waals surface area contributed by atoms with Gasteiger partial charge < -0.3 is 4.52 Å². The minimum Gasteiger partial charge on any atom is -0.360 e. The predicted molar refractivity (Wildman–Crippen MR) is 87.4 cm³/mol. The van der Waals surface area contributed by atoms with Crippen LogP contribution < -0.4 is 0 Å². The fourth-order valence-corrected chi connectivity index (χ4v) is 3.13. The Morgan fingerprint density at radius 2 is 2.17 bits per heavy atom. The summed E-state index contributed by atoms with van der Waals surface area (Å²) < 4.78 is 6.25. The maximum Gasteiger partial charge on any atom is 0.198 e. The molecule has 2 aromatic heterocycles. The number of hydrogen-bond donors (Lipinski definition) is 1. The molecule has 0 bridgehead atoms. The third-order valence-corrected chi connectivity index (χ3v) is 4.54. The second-order valence-corrected chi connectivity index (χ2v) is 6.68. The van der Waals surface area contributed by atoms with Crippen LogP contribution in [0, 0.1) is 0 Å². The fraction of sp³-hybridized carbons (Fsp3) is 0.235. The lowest BCUT2D eigenvalue weighted by molar-refractivity contribution is 0.103. The summed E-state index contributed by atoms with van der Waals surface area (Å²) >= 11 is 3.48. The molecular weight excluding hydrogens is 358 g/mol. The van der Waals surface area contributed by atoms with Gasteiger partial charge in [0.15, 0.2) is 11.5 Å². The summed E-state index contributed by atoms with van der Waals surface area (Å²) in [5.74, 6) is 1.04. The van der Waals surface area contributed by atoms with E-state index in [1.54, 1.807) is 6.20 Å². The van der Waals surface area contributed by atoms with Crippen LogP contribution in [-0.2, 0) is 6.42 Å². The van der Waals surface area contributed by atoms with Gasteiger partial charge in [0.2, 0.25) is 0 Å². The fourth-order valence-electron chi connectivity index (χ4n) is 2.72. The van der Waals surface area contributed by atoms with Gasteiger partial charge in [0.25, 0.3) is 0 Å². The summed E-state index contributed by atoms with van der Waals surface area (Å²) in [7, 11) is 0. The zero-order valence-electron chi connectivity index (χ0n) is 12.3. The molecule has 0 spiro atoms. The third-order valence-electron chi connectivity index (χ3n) is 4.04. The highest BCUT2D eigenvalue weighted by atomic mass is 79.9. The normalized spacial score (nSPS) is 14.1. The molecule has 1 aliphatic carbocycles. The first kappa shape index (κ1) is 14.4. The second kappa shape index (κ2) is 5.77. The van der Waals surface area contributed by atoms with Gasteiger partial charge in [-0.15, -0.1) is 0 Å². The highest BCUT2D eigenvalue weighted by Gasteiger charge is 2.33. The number of hydrogen-bond acceptors (Lipinski definition) is 4. The van der Waals surface area contributed by atoms with Crippen LogP contribution in [-0.4, -0.2) is 21.1 Å². The van der Waals surface area contributed by atoms with E-state index in [1.165, 1.54) is 6.20 Å². The average molecular weight is 372 g/mol. The van der Waals surface area contributed by atoms with Gasteiger partial charge in [-0.1, -0.05) is 21.1 Å². The molecule has 116 valence electrons.